The summed E-state index contributed by atoms with van der Waals surface area (Å²) in [6.45, 7) is 1.15. The maximum atomic E-state index is 13.8. The van der Waals surface area contributed by atoms with Crippen LogP contribution in [-0.4, -0.2) is 22.2 Å². The molecule has 0 aliphatic heterocycles. The average Bonchev–Trinajstić information content (AvgIpc) is 2.50. The molecule has 0 heterocycles. The summed E-state index contributed by atoms with van der Waals surface area (Å²) in [5.41, 5.74) is -1.43. The molecule has 0 spiro atoms. The molecule has 0 aromatic heterocycles. The summed E-state index contributed by atoms with van der Waals surface area (Å²) in [6, 6.07) is 3.60. The molecule has 2 aromatic carbocycles. The summed E-state index contributed by atoms with van der Waals surface area (Å²) in [5.74, 6) is -3.29. The fourth-order valence-corrected chi connectivity index (χ4v) is 2.12. The Morgan fingerprint density at radius 3 is 2.60 bits per heavy atom. The number of aliphatic imine (C=N–C) groups is 1. The number of nitrogens with one attached hydrogen (secondary N) is 1. The van der Waals surface area contributed by atoms with Crippen molar-refractivity contribution in [1.29, 1.82) is 0 Å². The van der Waals surface area contributed by atoms with E-state index in [0.29, 0.717) is 6.07 Å². The molecule has 0 fully saturated rings. The van der Waals surface area contributed by atoms with Gasteiger partial charge in [-0.2, -0.15) is 0 Å². The molecule has 0 saturated heterocycles. The van der Waals surface area contributed by atoms with Crippen LogP contribution >= 0.6 is 11.6 Å². The molecule has 0 unspecified atom stereocenters. The number of hydrogen-bond donors (Lipinski definition) is 2. The van der Waals surface area contributed by atoms with E-state index in [1.54, 1.807) is 0 Å². The number of phenols is 1. The van der Waals surface area contributed by atoms with E-state index in [2.05, 4.69) is 10.3 Å². The highest BCUT2D eigenvalue weighted by atomic mass is 35.5. The molecule has 10 heteroatoms. The zero-order chi connectivity index (χ0) is 18.7. The number of carbonyl (C=O) groups excluding carboxylic acids is 1. The molecule has 1 amide bonds. The fraction of sp³-hybridized carbons (Fsp3) is 0.0667. The first kappa shape index (κ1) is 18.3. The van der Waals surface area contributed by atoms with Crippen LogP contribution in [0, 0.1) is 21.7 Å². The highest BCUT2D eigenvalue weighted by Gasteiger charge is 2.18. The lowest BCUT2D eigenvalue weighted by molar-refractivity contribution is -0.385. The third-order valence-corrected chi connectivity index (χ3v) is 3.19. The number of nitro benzene ring substituents is 1. The molecule has 0 aliphatic rings. The van der Waals surface area contributed by atoms with Crippen LogP contribution in [0.1, 0.15) is 12.5 Å². The second-order valence-electron chi connectivity index (χ2n) is 4.84. The van der Waals surface area contributed by atoms with Crippen molar-refractivity contribution in [3.8, 4) is 5.75 Å². The van der Waals surface area contributed by atoms with Gasteiger partial charge in [0.2, 0.25) is 11.7 Å². The van der Waals surface area contributed by atoms with Crippen LogP contribution in [-0.2, 0) is 4.79 Å². The molecule has 0 saturated carbocycles. The Balaban J connectivity index is 2.46. The molecule has 25 heavy (non-hydrogen) atoms. The summed E-state index contributed by atoms with van der Waals surface area (Å²) in [5, 5.41) is 22.8. The molecule has 130 valence electrons. The zero-order valence-electron chi connectivity index (χ0n) is 12.6. The molecule has 0 aliphatic carbocycles. The van der Waals surface area contributed by atoms with Gasteiger partial charge in [0.25, 0.3) is 0 Å². The quantitative estimate of drug-likeness (QED) is 0.483. The largest absolute Gasteiger partial charge is 0.502 e. The Bertz CT molecular complexity index is 903. The average molecular weight is 370 g/mol. The number of phenolic OH excluding ortho intramolecular Hbond substituents is 1. The number of benzene rings is 2. The molecule has 7 nitrogen and oxygen atoms in total. The van der Waals surface area contributed by atoms with Gasteiger partial charge in [-0.3, -0.25) is 19.9 Å². The summed E-state index contributed by atoms with van der Waals surface area (Å²) < 4.78 is 27.4. The Morgan fingerprint density at radius 1 is 1.32 bits per heavy atom. The minimum absolute atomic E-state index is 0.0375. The van der Waals surface area contributed by atoms with Gasteiger partial charge in [0.05, 0.1) is 10.6 Å². The summed E-state index contributed by atoms with van der Waals surface area (Å²) >= 11 is 5.73. The van der Waals surface area contributed by atoms with Crippen LogP contribution in [0.25, 0.3) is 0 Å². The van der Waals surface area contributed by atoms with E-state index in [4.69, 9.17) is 11.6 Å². The van der Waals surface area contributed by atoms with Crippen LogP contribution < -0.4 is 5.32 Å². The second kappa shape index (κ2) is 7.22. The second-order valence-corrected chi connectivity index (χ2v) is 5.28. The lowest BCUT2D eigenvalue weighted by Crippen LogP contribution is -2.07. The van der Waals surface area contributed by atoms with Crippen LogP contribution in [0.2, 0.25) is 5.02 Å². The number of carbonyl (C=O) groups is 1. The number of halogens is 3. The molecule has 2 aromatic rings. The summed E-state index contributed by atoms with van der Waals surface area (Å²) in [6.07, 6.45) is 0.933. The first-order valence-electron chi connectivity index (χ1n) is 6.66. The van der Waals surface area contributed by atoms with Crippen molar-refractivity contribution >= 4 is 40.8 Å². The number of nitro groups is 1. The predicted octanol–water partition coefficient (Wildman–Crippen LogP) is 3.94. The van der Waals surface area contributed by atoms with E-state index >= 15 is 0 Å². The third kappa shape index (κ3) is 4.27. The number of anilines is 1. The number of rotatable bonds is 4. The molecular weight excluding hydrogens is 360 g/mol. The minimum atomic E-state index is -1.03. The summed E-state index contributed by atoms with van der Waals surface area (Å²) in [7, 11) is 0. The van der Waals surface area contributed by atoms with Crippen molar-refractivity contribution < 1.29 is 23.6 Å². The monoisotopic (exact) mass is 369 g/mol. The Hall–Kier alpha value is -3.07. The lowest BCUT2D eigenvalue weighted by atomic mass is 10.2. The van der Waals surface area contributed by atoms with Gasteiger partial charge in [-0.25, -0.2) is 8.78 Å². The molecule has 2 N–H and O–H groups in total. The standard InChI is InChI=1S/C15H10ClF2N3O4/c1-7(22)20-13-5-12(10(17)4-11(13)18)19-6-8-2-9(16)3-14(15(8)23)21(24)25/h2-6,23H,1H3,(H,20,22). The molecule has 0 radical (unpaired) electrons. The van der Waals surface area contributed by atoms with Crippen molar-refractivity contribution in [3.05, 3.63) is 56.6 Å². The smallest absolute Gasteiger partial charge is 0.312 e. The Labute approximate surface area is 144 Å². The van der Waals surface area contributed by atoms with Gasteiger partial charge in [0.15, 0.2) is 5.82 Å². The highest BCUT2D eigenvalue weighted by molar-refractivity contribution is 6.31. The Kier molecular flexibility index (Phi) is 5.28. The van der Waals surface area contributed by atoms with Crippen LogP contribution in [0.4, 0.5) is 25.8 Å². The lowest BCUT2D eigenvalue weighted by Gasteiger charge is -2.06. The number of hydrogen-bond acceptors (Lipinski definition) is 5. The van der Waals surface area contributed by atoms with E-state index in [1.807, 2.05) is 0 Å². The predicted molar refractivity (Wildman–Crippen MR) is 87.7 cm³/mol. The van der Waals surface area contributed by atoms with Crippen molar-refractivity contribution in [1.82, 2.24) is 0 Å². The van der Waals surface area contributed by atoms with Crippen LogP contribution in [0.3, 0.4) is 0 Å². The van der Waals surface area contributed by atoms with Gasteiger partial charge in [0.1, 0.15) is 11.5 Å². The van der Waals surface area contributed by atoms with E-state index < -0.39 is 33.9 Å². The van der Waals surface area contributed by atoms with Crippen molar-refractivity contribution in [2.24, 2.45) is 4.99 Å². The van der Waals surface area contributed by atoms with Crippen molar-refractivity contribution in [2.75, 3.05) is 5.32 Å². The van der Waals surface area contributed by atoms with E-state index in [9.17, 15) is 28.8 Å². The maximum Gasteiger partial charge on any atom is 0.312 e. The first-order chi connectivity index (χ1) is 11.7. The number of amides is 1. The molecular formula is C15H10ClF2N3O4. The van der Waals surface area contributed by atoms with E-state index in [-0.39, 0.29) is 22.0 Å². The third-order valence-electron chi connectivity index (χ3n) is 2.97. The van der Waals surface area contributed by atoms with Crippen LogP contribution in [0.15, 0.2) is 29.3 Å². The van der Waals surface area contributed by atoms with Crippen LogP contribution in [0.5, 0.6) is 5.75 Å². The van der Waals surface area contributed by atoms with Crippen molar-refractivity contribution in [2.45, 2.75) is 6.92 Å². The highest BCUT2D eigenvalue weighted by Crippen LogP contribution is 2.33. The van der Waals surface area contributed by atoms with Gasteiger partial charge in [-0.15, -0.1) is 0 Å². The molecule has 2 rings (SSSR count). The van der Waals surface area contributed by atoms with Gasteiger partial charge in [-0.05, 0) is 12.1 Å². The van der Waals surface area contributed by atoms with Gasteiger partial charge in [-0.1, -0.05) is 11.6 Å². The molecule has 0 atom stereocenters. The van der Waals surface area contributed by atoms with E-state index in [0.717, 1.165) is 25.3 Å². The first-order valence-corrected chi connectivity index (χ1v) is 7.04. The number of aromatic hydroxyl groups is 1. The normalized spacial score (nSPS) is 10.9. The summed E-state index contributed by atoms with van der Waals surface area (Å²) in [4.78, 5) is 24.7. The Morgan fingerprint density at radius 2 is 2.00 bits per heavy atom. The van der Waals surface area contributed by atoms with Gasteiger partial charge in [0, 0.05) is 35.9 Å². The molecule has 0 bridgehead atoms. The SMILES string of the molecule is CC(=O)Nc1cc(N=Cc2cc(Cl)cc([N+](=O)[O-])c2O)c(F)cc1F. The van der Waals surface area contributed by atoms with E-state index in [1.165, 1.54) is 6.07 Å². The maximum absolute atomic E-state index is 13.8. The number of nitrogens with zero attached hydrogens (tertiary/aromatic N) is 2. The van der Waals surface area contributed by atoms with Gasteiger partial charge < -0.3 is 10.4 Å². The zero-order valence-corrected chi connectivity index (χ0v) is 13.3. The topological polar surface area (TPSA) is 105 Å². The van der Waals surface area contributed by atoms with Gasteiger partial charge >= 0.3 is 5.69 Å². The van der Waals surface area contributed by atoms with Crippen molar-refractivity contribution in [3.63, 3.8) is 0 Å². The minimum Gasteiger partial charge on any atom is -0.502 e. The fourth-order valence-electron chi connectivity index (χ4n) is 1.90.